The molecule has 0 aromatic heterocycles. The molecule has 1 atom stereocenters. The summed E-state index contributed by atoms with van der Waals surface area (Å²) in [5.41, 5.74) is 0.857. The van der Waals surface area contributed by atoms with Crippen molar-refractivity contribution in [3.05, 3.63) is 48.0 Å². The third-order valence-electron chi connectivity index (χ3n) is 2.44. The average molecular weight is 222 g/mol. The normalized spacial score (nSPS) is 16.7. The van der Waals surface area contributed by atoms with Crippen LogP contribution in [0.4, 0.5) is 0 Å². The van der Waals surface area contributed by atoms with Crippen LogP contribution in [-0.2, 0) is 4.79 Å². The Hall–Kier alpha value is -1.28. The third kappa shape index (κ3) is 2.21. The van der Waals surface area contributed by atoms with Gasteiger partial charge in [-0.1, -0.05) is 42.5 Å². The number of hydrogen-bond donors (Lipinski definition) is 0. The minimum absolute atomic E-state index is 0.0205. The Balaban J connectivity index is 2.08. The van der Waals surface area contributed by atoms with Gasteiger partial charge in [0.2, 0.25) is 5.91 Å². The van der Waals surface area contributed by atoms with Crippen LogP contribution in [0.3, 0.4) is 0 Å². The maximum absolute atomic E-state index is 11.9. The summed E-state index contributed by atoms with van der Waals surface area (Å²) in [5.74, 6) is -0.0205. The summed E-state index contributed by atoms with van der Waals surface area (Å²) >= 11 is 6.12. The lowest BCUT2D eigenvalue weighted by Crippen LogP contribution is -2.31. The van der Waals surface area contributed by atoms with Crippen molar-refractivity contribution in [1.29, 1.82) is 0 Å². The molecule has 2 rings (SSSR count). The van der Waals surface area contributed by atoms with Gasteiger partial charge in [-0.05, 0) is 5.56 Å². The van der Waals surface area contributed by atoms with Crippen molar-refractivity contribution in [1.82, 2.24) is 4.90 Å². The number of alkyl halides is 1. The van der Waals surface area contributed by atoms with Crippen molar-refractivity contribution >= 4 is 17.5 Å². The number of carbonyl (C=O) groups excluding carboxylic acids is 1. The molecule has 1 heterocycles. The van der Waals surface area contributed by atoms with E-state index >= 15 is 0 Å². The number of hydrogen-bond acceptors (Lipinski definition) is 1. The van der Waals surface area contributed by atoms with E-state index in [-0.39, 0.29) is 5.91 Å². The van der Waals surface area contributed by atoms with Crippen molar-refractivity contribution in [2.45, 2.75) is 5.38 Å². The Labute approximate surface area is 94.2 Å². The van der Waals surface area contributed by atoms with Gasteiger partial charge in [-0.2, -0.15) is 0 Å². The molecule has 0 N–H and O–H groups in total. The predicted octanol–water partition coefficient (Wildman–Crippen LogP) is 2.36. The van der Waals surface area contributed by atoms with Crippen LogP contribution in [0, 0.1) is 0 Å². The average Bonchev–Trinajstić information content (AvgIpc) is 2.82. The molecule has 1 aliphatic rings. The zero-order chi connectivity index (χ0) is 10.7. The molecular weight excluding hydrogens is 210 g/mol. The topological polar surface area (TPSA) is 20.3 Å². The second-order valence-electron chi connectivity index (χ2n) is 3.49. The first-order valence-electron chi connectivity index (χ1n) is 4.92. The van der Waals surface area contributed by atoms with E-state index in [1.54, 1.807) is 4.90 Å². The number of amides is 1. The van der Waals surface area contributed by atoms with Crippen LogP contribution in [0.2, 0.25) is 0 Å². The van der Waals surface area contributed by atoms with Gasteiger partial charge in [-0.25, -0.2) is 0 Å². The molecule has 0 saturated heterocycles. The van der Waals surface area contributed by atoms with Gasteiger partial charge in [-0.15, -0.1) is 11.6 Å². The van der Waals surface area contributed by atoms with E-state index in [1.165, 1.54) is 0 Å². The summed E-state index contributed by atoms with van der Waals surface area (Å²) < 4.78 is 0. The van der Waals surface area contributed by atoms with Crippen molar-refractivity contribution in [2.24, 2.45) is 0 Å². The van der Waals surface area contributed by atoms with Gasteiger partial charge in [0.05, 0.1) is 0 Å². The lowest BCUT2D eigenvalue weighted by atomic mass is 10.1. The van der Waals surface area contributed by atoms with Gasteiger partial charge >= 0.3 is 0 Å². The quantitative estimate of drug-likeness (QED) is 0.555. The molecule has 15 heavy (non-hydrogen) atoms. The Morgan fingerprint density at radius 3 is 2.40 bits per heavy atom. The van der Waals surface area contributed by atoms with E-state index in [4.69, 9.17) is 11.6 Å². The monoisotopic (exact) mass is 221 g/mol. The zero-order valence-electron chi connectivity index (χ0n) is 8.27. The SMILES string of the molecule is O=C(C(Cl)c1ccccc1)N1CC=CC1. The molecule has 1 aliphatic heterocycles. The number of rotatable bonds is 2. The van der Waals surface area contributed by atoms with E-state index < -0.39 is 5.38 Å². The number of nitrogens with zero attached hydrogens (tertiary/aromatic N) is 1. The lowest BCUT2D eigenvalue weighted by molar-refractivity contribution is -0.129. The van der Waals surface area contributed by atoms with Gasteiger partial charge < -0.3 is 4.90 Å². The standard InChI is InChI=1S/C12H12ClNO/c13-11(10-6-2-1-3-7-10)12(15)14-8-4-5-9-14/h1-7,11H,8-9H2. The maximum Gasteiger partial charge on any atom is 0.245 e. The molecule has 0 spiro atoms. The van der Waals surface area contributed by atoms with E-state index in [0.717, 1.165) is 5.56 Å². The number of halogens is 1. The molecule has 0 bridgehead atoms. The van der Waals surface area contributed by atoms with Gasteiger partial charge in [0.1, 0.15) is 5.38 Å². The van der Waals surface area contributed by atoms with Gasteiger partial charge in [0, 0.05) is 13.1 Å². The first-order valence-corrected chi connectivity index (χ1v) is 5.35. The minimum Gasteiger partial charge on any atom is -0.334 e. The molecular formula is C12H12ClNO. The van der Waals surface area contributed by atoms with Gasteiger partial charge in [0.25, 0.3) is 0 Å². The molecule has 0 radical (unpaired) electrons. The third-order valence-corrected chi connectivity index (χ3v) is 2.88. The van der Waals surface area contributed by atoms with Gasteiger partial charge in [0.15, 0.2) is 0 Å². The largest absolute Gasteiger partial charge is 0.334 e. The maximum atomic E-state index is 11.9. The highest BCUT2D eigenvalue weighted by molar-refractivity contribution is 6.30. The fraction of sp³-hybridized carbons (Fsp3) is 0.250. The molecule has 78 valence electrons. The summed E-state index contributed by atoms with van der Waals surface area (Å²) in [6, 6.07) is 9.44. The van der Waals surface area contributed by atoms with Crippen LogP contribution in [0.25, 0.3) is 0 Å². The van der Waals surface area contributed by atoms with Crippen LogP contribution < -0.4 is 0 Å². The van der Waals surface area contributed by atoms with Gasteiger partial charge in [-0.3, -0.25) is 4.79 Å². The smallest absolute Gasteiger partial charge is 0.245 e. The second-order valence-corrected chi connectivity index (χ2v) is 3.92. The van der Waals surface area contributed by atoms with Crippen molar-refractivity contribution in [3.63, 3.8) is 0 Å². The lowest BCUT2D eigenvalue weighted by Gasteiger charge is -2.19. The van der Waals surface area contributed by atoms with E-state index in [0.29, 0.717) is 13.1 Å². The Morgan fingerprint density at radius 1 is 1.20 bits per heavy atom. The fourth-order valence-corrected chi connectivity index (χ4v) is 1.87. The van der Waals surface area contributed by atoms with Crippen molar-refractivity contribution in [2.75, 3.05) is 13.1 Å². The van der Waals surface area contributed by atoms with E-state index in [9.17, 15) is 4.79 Å². The van der Waals surface area contributed by atoms with E-state index in [2.05, 4.69) is 0 Å². The summed E-state index contributed by atoms with van der Waals surface area (Å²) in [5, 5.41) is -0.564. The predicted molar refractivity (Wildman–Crippen MR) is 60.8 cm³/mol. The zero-order valence-corrected chi connectivity index (χ0v) is 9.02. The minimum atomic E-state index is -0.564. The van der Waals surface area contributed by atoms with Crippen LogP contribution in [0.1, 0.15) is 10.9 Å². The number of carbonyl (C=O) groups is 1. The highest BCUT2D eigenvalue weighted by atomic mass is 35.5. The molecule has 0 aliphatic carbocycles. The highest BCUT2D eigenvalue weighted by Gasteiger charge is 2.23. The molecule has 1 amide bonds. The van der Waals surface area contributed by atoms with E-state index in [1.807, 2.05) is 42.5 Å². The molecule has 1 aromatic carbocycles. The van der Waals surface area contributed by atoms with Crippen molar-refractivity contribution < 1.29 is 4.79 Å². The molecule has 3 heteroatoms. The molecule has 0 fully saturated rings. The first kappa shape index (κ1) is 10.2. The summed E-state index contributed by atoms with van der Waals surface area (Å²) in [6.45, 7) is 1.35. The summed E-state index contributed by atoms with van der Waals surface area (Å²) in [6.07, 6.45) is 3.96. The Kier molecular flexibility index (Phi) is 3.07. The van der Waals surface area contributed by atoms with Crippen LogP contribution in [0.15, 0.2) is 42.5 Å². The molecule has 0 saturated carbocycles. The Morgan fingerprint density at radius 2 is 1.80 bits per heavy atom. The molecule has 1 unspecified atom stereocenters. The van der Waals surface area contributed by atoms with Crippen LogP contribution in [-0.4, -0.2) is 23.9 Å². The fourth-order valence-electron chi connectivity index (χ4n) is 1.58. The number of benzene rings is 1. The molecule has 2 nitrogen and oxygen atoms in total. The van der Waals surface area contributed by atoms with Crippen molar-refractivity contribution in [3.8, 4) is 0 Å². The Bertz CT molecular complexity index is 366. The highest BCUT2D eigenvalue weighted by Crippen LogP contribution is 2.23. The second kappa shape index (κ2) is 4.49. The summed E-state index contributed by atoms with van der Waals surface area (Å²) in [7, 11) is 0. The summed E-state index contributed by atoms with van der Waals surface area (Å²) in [4.78, 5) is 13.6. The first-order chi connectivity index (χ1) is 7.29. The van der Waals surface area contributed by atoms with Crippen LogP contribution in [0.5, 0.6) is 0 Å². The van der Waals surface area contributed by atoms with Crippen LogP contribution >= 0.6 is 11.6 Å². The molecule has 1 aromatic rings.